The molecule has 0 aromatic heterocycles. The van der Waals surface area contributed by atoms with Gasteiger partial charge in [-0.25, -0.2) is 0 Å². The summed E-state index contributed by atoms with van der Waals surface area (Å²) in [6.45, 7) is 4.39. The third kappa shape index (κ3) is 3.63. The first-order valence-corrected chi connectivity index (χ1v) is 8.60. The van der Waals surface area contributed by atoms with Gasteiger partial charge in [0.1, 0.15) is 5.75 Å². The zero-order valence-corrected chi connectivity index (χ0v) is 14.2. The highest BCUT2D eigenvalue weighted by Crippen LogP contribution is 2.45. The molecule has 2 rings (SSSR count). The van der Waals surface area contributed by atoms with E-state index < -0.39 is 0 Å². The molecule has 0 bridgehead atoms. The zero-order chi connectivity index (χ0) is 16.0. The molecule has 1 unspecified atom stereocenters. The van der Waals surface area contributed by atoms with Gasteiger partial charge < -0.3 is 10.1 Å². The second-order valence-corrected chi connectivity index (χ2v) is 6.49. The third-order valence-corrected chi connectivity index (χ3v) is 4.90. The Morgan fingerprint density at radius 2 is 1.91 bits per heavy atom. The Labute approximate surface area is 134 Å². The van der Waals surface area contributed by atoms with Crippen molar-refractivity contribution in [2.45, 2.75) is 64.8 Å². The number of unbranched alkanes of at least 4 members (excludes halogenated alkanes) is 2. The van der Waals surface area contributed by atoms with Crippen LogP contribution in [-0.4, -0.2) is 13.0 Å². The van der Waals surface area contributed by atoms with Crippen LogP contribution in [0.3, 0.4) is 0 Å². The molecule has 1 amide bonds. The number of hydrogen-bond donors (Lipinski definition) is 1. The smallest absolute Gasteiger partial charge is 0.226 e. The average Bonchev–Trinajstić information content (AvgIpc) is 2.88. The van der Waals surface area contributed by atoms with E-state index in [0.717, 1.165) is 56.3 Å². The Morgan fingerprint density at radius 1 is 1.23 bits per heavy atom. The number of nitrogens with one attached hydrogen (secondary N) is 1. The molecule has 1 aromatic rings. The van der Waals surface area contributed by atoms with Gasteiger partial charge in [0.25, 0.3) is 0 Å². The predicted octanol–water partition coefficient (Wildman–Crippen LogP) is 4.62. The molecule has 1 fully saturated rings. The first-order valence-electron chi connectivity index (χ1n) is 8.60. The maximum absolute atomic E-state index is 12.7. The molecule has 0 spiro atoms. The molecule has 1 saturated heterocycles. The van der Waals surface area contributed by atoms with Crippen molar-refractivity contribution in [3.05, 3.63) is 29.8 Å². The van der Waals surface area contributed by atoms with Crippen LogP contribution in [0.1, 0.15) is 70.4 Å². The number of amides is 1. The van der Waals surface area contributed by atoms with E-state index in [4.69, 9.17) is 4.74 Å². The van der Waals surface area contributed by atoms with Crippen molar-refractivity contribution in [3.63, 3.8) is 0 Å². The molecule has 1 heterocycles. The zero-order valence-electron chi connectivity index (χ0n) is 14.2. The van der Waals surface area contributed by atoms with Crippen molar-refractivity contribution in [1.29, 1.82) is 0 Å². The van der Waals surface area contributed by atoms with Crippen LogP contribution in [0.4, 0.5) is 0 Å². The third-order valence-electron chi connectivity index (χ3n) is 4.90. The Hall–Kier alpha value is -1.51. The Kier molecular flexibility index (Phi) is 5.87. The standard InChI is InChI=1S/C19H29NO2/c1-4-6-11-19(12-7-5-2)14-17(20-18(19)21)15-9-8-10-16(13-15)22-3/h8-10,13,17H,4-7,11-12,14H2,1-3H3,(H,20,21). The molecule has 122 valence electrons. The summed E-state index contributed by atoms with van der Waals surface area (Å²) in [6.07, 6.45) is 7.48. The highest BCUT2D eigenvalue weighted by molar-refractivity contribution is 5.85. The molecule has 1 aliphatic rings. The van der Waals surface area contributed by atoms with Crippen LogP contribution in [-0.2, 0) is 4.79 Å². The molecule has 1 atom stereocenters. The number of hydrogen-bond acceptors (Lipinski definition) is 2. The molecule has 1 N–H and O–H groups in total. The molecule has 22 heavy (non-hydrogen) atoms. The molecule has 1 aromatic carbocycles. The van der Waals surface area contributed by atoms with Crippen LogP contribution in [0.5, 0.6) is 5.75 Å². The van der Waals surface area contributed by atoms with Gasteiger partial charge in [-0.15, -0.1) is 0 Å². The Morgan fingerprint density at radius 3 is 2.50 bits per heavy atom. The van der Waals surface area contributed by atoms with Crippen LogP contribution in [0.25, 0.3) is 0 Å². The number of carbonyl (C=O) groups excluding carboxylic acids is 1. The first-order chi connectivity index (χ1) is 10.6. The minimum Gasteiger partial charge on any atom is -0.497 e. The summed E-state index contributed by atoms with van der Waals surface area (Å²) in [6, 6.07) is 8.19. The van der Waals surface area contributed by atoms with E-state index in [0.29, 0.717) is 0 Å². The number of benzene rings is 1. The van der Waals surface area contributed by atoms with Crippen molar-refractivity contribution in [2.75, 3.05) is 7.11 Å². The van der Waals surface area contributed by atoms with Crippen LogP contribution in [0.2, 0.25) is 0 Å². The lowest BCUT2D eigenvalue weighted by atomic mass is 9.75. The van der Waals surface area contributed by atoms with Crippen molar-refractivity contribution < 1.29 is 9.53 Å². The van der Waals surface area contributed by atoms with Crippen molar-refractivity contribution in [2.24, 2.45) is 5.41 Å². The number of methoxy groups -OCH3 is 1. The van der Waals surface area contributed by atoms with Gasteiger partial charge in [-0.05, 0) is 37.0 Å². The van der Waals surface area contributed by atoms with Crippen LogP contribution < -0.4 is 10.1 Å². The monoisotopic (exact) mass is 303 g/mol. The average molecular weight is 303 g/mol. The minimum absolute atomic E-state index is 0.122. The van der Waals surface area contributed by atoms with E-state index in [9.17, 15) is 4.79 Å². The lowest BCUT2D eigenvalue weighted by Crippen LogP contribution is -2.31. The lowest BCUT2D eigenvalue weighted by Gasteiger charge is -2.26. The van der Waals surface area contributed by atoms with E-state index in [1.165, 1.54) is 0 Å². The number of ether oxygens (including phenoxy) is 1. The molecule has 3 nitrogen and oxygen atoms in total. The van der Waals surface area contributed by atoms with E-state index in [1.54, 1.807) is 7.11 Å². The van der Waals surface area contributed by atoms with Gasteiger partial charge in [-0.3, -0.25) is 4.79 Å². The number of rotatable bonds is 8. The van der Waals surface area contributed by atoms with Gasteiger partial charge in [0.05, 0.1) is 18.6 Å². The summed E-state index contributed by atoms with van der Waals surface area (Å²) in [5.41, 5.74) is 0.988. The van der Waals surface area contributed by atoms with Crippen molar-refractivity contribution >= 4 is 5.91 Å². The second kappa shape index (κ2) is 7.66. The van der Waals surface area contributed by atoms with Gasteiger partial charge in [0.15, 0.2) is 0 Å². The maximum Gasteiger partial charge on any atom is 0.226 e. The fraction of sp³-hybridized carbons (Fsp3) is 0.632. The Balaban J connectivity index is 2.18. The van der Waals surface area contributed by atoms with Gasteiger partial charge >= 0.3 is 0 Å². The normalized spacial score (nSPS) is 20.0. The van der Waals surface area contributed by atoms with E-state index in [-0.39, 0.29) is 17.4 Å². The summed E-state index contributed by atoms with van der Waals surface area (Å²) in [4.78, 5) is 12.7. The van der Waals surface area contributed by atoms with Gasteiger partial charge in [-0.1, -0.05) is 51.7 Å². The van der Waals surface area contributed by atoms with Gasteiger partial charge in [0, 0.05) is 0 Å². The highest BCUT2D eigenvalue weighted by Gasteiger charge is 2.45. The van der Waals surface area contributed by atoms with Crippen molar-refractivity contribution in [3.8, 4) is 5.75 Å². The molecule has 0 radical (unpaired) electrons. The highest BCUT2D eigenvalue weighted by atomic mass is 16.5. The van der Waals surface area contributed by atoms with Gasteiger partial charge in [0.2, 0.25) is 5.91 Å². The van der Waals surface area contributed by atoms with Crippen LogP contribution in [0, 0.1) is 5.41 Å². The summed E-state index contributed by atoms with van der Waals surface area (Å²) in [5.74, 6) is 1.11. The van der Waals surface area contributed by atoms with E-state index in [2.05, 4.69) is 25.2 Å². The summed E-state index contributed by atoms with van der Waals surface area (Å²) < 4.78 is 5.31. The molecule has 3 heteroatoms. The summed E-state index contributed by atoms with van der Waals surface area (Å²) in [7, 11) is 1.68. The topological polar surface area (TPSA) is 38.3 Å². The second-order valence-electron chi connectivity index (χ2n) is 6.49. The Bertz CT molecular complexity index is 490. The van der Waals surface area contributed by atoms with Crippen LogP contribution >= 0.6 is 0 Å². The molecule has 1 aliphatic heterocycles. The maximum atomic E-state index is 12.7. The number of carbonyl (C=O) groups is 1. The predicted molar refractivity (Wildman–Crippen MR) is 90.0 cm³/mol. The SMILES string of the molecule is CCCCC1(CCCC)CC(c2cccc(OC)c2)NC1=O. The summed E-state index contributed by atoms with van der Waals surface area (Å²) >= 11 is 0. The van der Waals surface area contributed by atoms with E-state index >= 15 is 0 Å². The summed E-state index contributed by atoms with van der Waals surface area (Å²) in [5, 5.41) is 3.24. The van der Waals surface area contributed by atoms with E-state index in [1.807, 2.05) is 18.2 Å². The molecule has 0 saturated carbocycles. The van der Waals surface area contributed by atoms with Crippen LogP contribution in [0.15, 0.2) is 24.3 Å². The van der Waals surface area contributed by atoms with Gasteiger partial charge in [-0.2, -0.15) is 0 Å². The molecular weight excluding hydrogens is 274 g/mol. The molecular formula is C19H29NO2. The lowest BCUT2D eigenvalue weighted by molar-refractivity contribution is -0.128. The first kappa shape index (κ1) is 16.9. The fourth-order valence-corrected chi connectivity index (χ4v) is 3.49. The molecule has 0 aliphatic carbocycles. The largest absolute Gasteiger partial charge is 0.497 e. The fourth-order valence-electron chi connectivity index (χ4n) is 3.49. The minimum atomic E-state index is -0.167. The quantitative estimate of drug-likeness (QED) is 0.761. The van der Waals surface area contributed by atoms with Crippen molar-refractivity contribution in [1.82, 2.24) is 5.32 Å².